The van der Waals surface area contributed by atoms with Crippen molar-refractivity contribution in [2.24, 2.45) is 0 Å². The lowest BCUT2D eigenvalue weighted by Gasteiger charge is -2.27. The van der Waals surface area contributed by atoms with Crippen molar-refractivity contribution in [3.05, 3.63) is 131 Å². The zero-order valence-corrected chi connectivity index (χ0v) is 19.0. The summed E-state index contributed by atoms with van der Waals surface area (Å²) in [6.45, 7) is 0. The number of H-pyrrole nitrogens is 1. The zero-order valence-electron chi connectivity index (χ0n) is 17.4. The van der Waals surface area contributed by atoms with E-state index in [4.69, 9.17) is 4.98 Å². The number of rotatable bonds is 5. The third kappa shape index (κ3) is 3.98. The first-order valence-electron chi connectivity index (χ1n) is 10.3. The Kier molecular flexibility index (Phi) is 6.50. The van der Waals surface area contributed by atoms with E-state index in [2.05, 4.69) is 77.8 Å². The standard InChI is InChI=1S/C27H21N2OP.ClH/c30-27-24-18-10-11-19-25(24)28-26(29-27)20-31(21-12-4-1-5-13-21,22-14-6-2-7-15-22)23-16-8-3-9-17-23;/h1-19H,20H2;1H. The molecule has 3 nitrogen and oxygen atoms in total. The summed E-state index contributed by atoms with van der Waals surface area (Å²) in [7, 11) is -2.11. The molecule has 0 radical (unpaired) electrons. The van der Waals surface area contributed by atoms with E-state index in [0.29, 0.717) is 17.4 Å². The number of para-hydroxylation sites is 1. The first-order chi connectivity index (χ1) is 15.3. The Hall–Kier alpha value is -3.26. The SMILES string of the molecule is O=c1[nH]c(C[P+](c2ccccc2)(c2ccccc2)c2ccccc2)nc2ccccc12.[Cl-]. The summed E-state index contributed by atoms with van der Waals surface area (Å²) in [5.74, 6) is 0.716. The summed E-state index contributed by atoms with van der Waals surface area (Å²) < 4.78 is 0. The van der Waals surface area contributed by atoms with Crippen LogP contribution in [0.15, 0.2) is 120 Å². The first kappa shape index (κ1) is 22.0. The Morgan fingerprint density at radius 2 is 1.06 bits per heavy atom. The predicted octanol–water partition coefficient (Wildman–Crippen LogP) is 1.42. The molecule has 5 rings (SSSR count). The molecule has 0 unspecified atom stereocenters. The minimum Gasteiger partial charge on any atom is -1.00 e. The Bertz CT molecular complexity index is 1280. The van der Waals surface area contributed by atoms with Gasteiger partial charge in [-0.05, 0) is 48.5 Å². The Morgan fingerprint density at radius 3 is 1.56 bits per heavy atom. The molecule has 158 valence electrons. The van der Waals surface area contributed by atoms with Gasteiger partial charge in [-0.2, -0.15) is 0 Å². The quantitative estimate of drug-likeness (QED) is 0.407. The van der Waals surface area contributed by atoms with Crippen molar-refractivity contribution in [3.8, 4) is 0 Å². The normalized spacial score (nSPS) is 11.1. The number of aromatic nitrogens is 2. The molecule has 5 heteroatoms. The molecule has 1 N–H and O–H groups in total. The van der Waals surface area contributed by atoms with Gasteiger partial charge in [-0.25, -0.2) is 4.98 Å². The van der Waals surface area contributed by atoms with Gasteiger partial charge in [0.2, 0.25) is 0 Å². The number of fused-ring (bicyclic) bond motifs is 1. The molecule has 0 aliphatic heterocycles. The van der Waals surface area contributed by atoms with Crippen LogP contribution in [0.4, 0.5) is 0 Å². The molecule has 0 bridgehead atoms. The number of nitrogens with zero attached hydrogens (tertiary/aromatic N) is 1. The molecule has 4 aromatic carbocycles. The van der Waals surface area contributed by atoms with Crippen LogP contribution in [0.2, 0.25) is 0 Å². The fourth-order valence-corrected chi connectivity index (χ4v) is 8.29. The third-order valence-corrected chi connectivity index (χ3v) is 9.95. The van der Waals surface area contributed by atoms with Crippen LogP contribution in [-0.2, 0) is 6.16 Å². The summed E-state index contributed by atoms with van der Waals surface area (Å²) in [4.78, 5) is 20.8. The molecular formula is C27H22ClN2OP. The number of halogens is 1. The second kappa shape index (κ2) is 9.48. The molecule has 0 saturated heterocycles. The van der Waals surface area contributed by atoms with E-state index < -0.39 is 7.26 Å². The van der Waals surface area contributed by atoms with Crippen LogP contribution in [0.25, 0.3) is 10.9 Å². The lowest BCUT2D eigenvalue weighted by atomic mass is 10.2. The summed E-state index contributed by atoms with van der Waals surface area (Å²) in [6, 6.07) is 39.4. The lowest BCUT2D eigenvalue weighted by molar-refractivity contribution is -0.00000623. The van der Waals surface area contributed by atoms with Crippen LogP contribution >= 0.6 is 7.26 Å². The van der Waals surface area contributed by atoms with Crippen LogP contribution in [-0.4, -0.2) is 9.97 Å². The van der Waals surface area contributed by atoms with Gasteiger partial charge in [0.1, 0.15) is 35.2 Å². The Balaban J connectivity index is 0.00000245. The van der Waals surface area contributed by atoms with Gasteiger partial charge in [0.05, 0.1) is 10.9 Å². The topological polar surface area (TPSA) is 45.8 Å². The average molecular weight is 457 g/mol. The number of nitrogens with one attached hydrogen (secondary N) is 1. The summed E-state index contributed by atoms with van der Waals surface area (Å²) >= 11 is 0. The highest BCUT2D eigenvalue weighted by Gasteiger charge is 2.46. The predicted molar refractivity (Wildman–Crippen MR) is 131 cm³/mol. The zero-order chi connectivity index (χ0) is 21.1. The van der Waals surface area contributed by atoms with Crippen molar-refractivity contribution in [1.82, 2.24) is 9.97 Å². The van der Waals surface area contributed by atoms with Crippen molar-refractivity contribution in [1.29, 1.82) is 0 Å². The van der Waals surface area contributed by atoms with E-state index in [9.17, 15) is 4.79 Å². The van der Waals surface area contributed by atoms with E-state index in [-0.39, 0.29) is 18.0 Å². The maximum atomic E-state index is 12.8. The smallest absolute Gasteiger partial charge is 0.258 e. The van der Waals surface area contributed by atoms with Crippen LogP contribution in [0, 0.1) is 0 Å². The first-order valence-corrected chi connectivity index (χ1v) is 12.3. The molecule has 1 aromatic heterocycles. The van der Waals surface area contributed by atoms with Crippen LogP contribution < -0.4 is 33.9 Å². The van der Waals surface area contributed by atoms with Gasteiger partial charge < -0.3 is 17.4 Å². The van der Waals surface area contributed by atoms with Crippen molar-refractivity contribution >= 4 is 34.1 Å². The molecule has 5 aromatic rings. The van der Waals surface area contributed by atoms with Gasteiger partial charge in [-0.3, -0.25) is 4.79 Å². The van der Waals surface area contributed by atoms with E-state index >= 15 is 0 Å². The minimum absolute atomic E-state index is 0. The largest absolute Gasteiger partial charge is 1.00 e. The minimum atomic E-state index is -2.11. The van der Waals surface area contributed by atoms with Crippen molar-refractivity contribution < 1.29 is 12.4 Å². The second-order valence-electron chi connectivity index (χ2n) is 7.50. The Morgan fingerprint density at radius 1 is 0.625 bits per heavy atom. The number of hydrogen-bond donors (Lipinski definition) is 1. The van der Waals surface area contributed by atoms with Gasteiger partial charge in [-0.1, -0.05) is 66.7 Å². The maximum Gasteiger partial charge on any atom is 0.258 e. The van der Waals surface area contributed by atoms with Gasteiger partial charge in [-0.15, -0.1) is 0 Å². The van der Waals surface area contributed by atoms with E-state index in [1.165, 1.54) is 15.9 Å². The average Bonchev–Trinajstić information content (AvgIpc) is 2.84. The molecule has 0 fully saturated rings. The third-order valence-electron chi connectivity index (χ3n) is 5.64. The molecule has 0 atom stereocenters. The van der Waals surface area contributed by atoms with Gasteiger partial charge >= 0.3 is 0 Å². The molecule has 0 aliphatic rings. The van der Waals surface area contributed by atoms with Gasteiger partial charge in [0, 0.05) is 0 Å². The van der Waals surface area contributed by atoms with E-state index in [0.717, 1.165) is 5.52 Å². The van der Waals surface area contributed by atoms with Crippen LogP contribution in [0.3, 0.4) is 0 Å². The fourth-order valence-electron chi connectivity index (χ4n) is 4.20. The van der Waals surface area contributed by atoms with E-state index in [1.54, 1.807) is 0 Å². The molecular weight excluding hydrogens is 435 g/mol. The summed E-state index contributed by atoms with van der Waals surface area (Å²) in [5, 5.41) is 4.42. The molecule has 32 heavy (non-hydrogen) atoms. The van der Waals surface area contributed by atoms with Crippen molar-refractivity contribution in [2.75, 3.05) is 0 Å². The molecule has 1 heterocycles. The number of hydrogen-bond acceptors (Lipinski definition) is 2. The highest BCUT2D eigenvalue weighted by atomic mass is 35.5. The summed E-state index contributed by atoms with van der Waals surface area (Å²) in [6.07, 6.45) is 0.644. The molecule has 0 amide bonds. The van der Waals surface area contributed by atoms with Crippen molar-refractivity contribution in [3.63, 3.8) is 0 Å². The number of aromatic amines is 1. The molecule has 0 saturated carbocycles. The molecule has 0 aliphatic carbocycles. The highest BCUT2D eigenvalue weighted by Crippen LogP contribution is 2.57. The lowest BCUT2D eigenvalue weighted by Crippen LogP contribution is -3.00. The summed E-state index contributed by atoms with van der Waals surface area (Å²) in [5.41, 5.74) is 0.640. The molecule has 0 spiro atoms. The van der Waals surface area contributed by atoms with Crippen molar-refractivity contribution in [2.45, 2.75) is 6.16 Å². The van der Waals surface area contributed by atoms with Gasteiger partial charge in [0.25, 0.3) is 5.56 Å². The van der Waals surface area contributed by atoms with Gasteiger partial charge in [0.15, 0.2) is 0 Å². The monoisotopic (exact) mass is 456 g/mol. The highest BCUT2D eigenvalue weighted by molar-refractivity contribution is 7.95. The van der Waals surface area contributed by atoms with E-state index in [1.807, 2.05) is 42.5 Å². The second-order valence-corrected chi connectivity index (χ2v) is 11.0. The van der Waals surface area contributed by atoms with Crippen LogP contribution in [0.1, 0.15) is 5.82 Å². The maximum absolute atomic E-state index is 12.8. The number of benzene rings is 4. The fraction of sp³-hybridized carbons (Fsp3) is 0.0370. The Labute approximate surface area is 193 Å². The van der Waals surface area contributed by atoms with Crippen LogP contribution in [0.5, 0.6) is 0 Å².